The van der Waals surface area contributed by atoms with Crippen molar-refractivity contribution >= 4 is 5.97 Å². The zero-order valence-corrected chi connectivity index (χ0v) is 10.6. The molecule has 1 aliphatic rings. The van der Waals surface area contributed by atoms with E-state index in [4.69, 9.17) is 4.74 Å². The van der Waals surface area contributed by atoms with Gasteiger partial charge < -0.3 is 4.74 Å². The number of pyridine rings is 1. The third-order valence-corrected chi connectivity index (χ3v) is 3.58. The SMILES string of the molecule is CCC1CCCC(OC(=O)c2ccncc2F)C1. The Morgan fingerprint density at radius 2 is 2.39 bits per heavy atom. The van der Waals surface area contributed by atoms with Crippen LogP contribution in [0.1, 0.15) is 49.4 Å². The summed E-state index contributed by atoms with van der Waals surface area (Å²) in [5.74, 6) is -0.569. The Morgan fingerprint density at radius 3 is 3.11 bits per heavy atom. The molecule has 0 saturated heterocycles. The fourth-order valence-corrected chi connectivity index (χ4v) is 2.48. The first-order chi connectivity index (χ1) is 8.70. The van der Waals surface area contributed by atoms with E-state index in [1.54, 1.807) is 0 Å². The molecule has 2 rings (SSSR count). The average molecular weight is 251 g/mol. The number of carbonyl (C=O) groups excluding carboxylic acids is 1. The lowest BCUT2D eigenvalue weighted by atomic mass is 9.85. The molecule has 1 aliphatic carbocycles. The summed E-state index contributed by atoms with van der Waals surface area (Å²) in [5.41, 5.74) is -0.0244. The molecule has 0 radical (unpaired) electrons. The fourth-order valence-electron chi connectivity index (χ4n) is 2.48. The molecule has 2 atom stereocenters. The normalized spacial score (nSPS) is 23.7. The Kier molecular flexibility index (Phi) is 4.28. The van der Waals surface area contributed by atoms with Gasteiger partial charge in [-0.2, -0.15) is 0 Å². The van der Waals surface area contributed by atoms with Gasteiger partial charge >= 0.3 is 5.97 Å². The quantitative estimate of drug-likeness (QED) is 0.773. The van der Waals surface area contributed by atoms with Gasteiger partial charge in [0.05, 0.1) is 11.8 Å². The van der Waals surface area contributed by atoms with Gasteiger partial charge in [-0.05, 0) is 31.2 Å². The lowest BCUT2D eigenvalue weighted by Crippen LogP contribution is -2.25. The summed E-state index contributed by atoms with van der Waals surface area (Å²) < 4.78 is 18.8. The summed E-state index contributed by atoms with van der Waals surface area (Å²) in [4.78, 5) is 15.5. The molecular formula is C14H18FNO2. The second-order valence-corrected chi connectivity index (χ2v) is 4.82. The van der Waals surface area contributed by atoms with Crippen LogP contribution in [0.5, 0.6) is 0 Å². The van der Waals surface area contributed by atoms with E-state index in [2.05, 4.69) is 11.9 Å². The highest BCUT2D eigenvalue weighted by Gasteiger charge is 2.25. The van der Waals surface area contributed by atoms with Crippen molar-refractivity contribution in [2.24, 2.45) is 5.92 Å². The van der Waals surface area contributed by atoms with Crippen molar-refractivity contribution in [1.82, 2.24) is 4.98 Å². The number of hydrogen-bond acceptors (Lipinski definition) is 3. The number of aromatic nitrogens is 1. The molecule has 4 heteroatoms. The zero-order valence-electron chi connectivity index (χ0n) is 10.6. The Labute approximate surface area is 106 Å². The fraction of sp³-hybridized carbons (Fsp3) is 0.571. The largest absolute Gasteiger partial charge is 0.459 e. The van der Waals surface area contributed by atoms with E-state index in [0.29, 0.717) is 5.92 Å². The highest BCUT2D eigenvalue weighted by molar-refractivity contribution is 5.89. The van der Waals surface area contributed by atoms with E-state index in [-0.39, 0.29) is 11.7 Å². The van der Waals surface area contributed by atoms with Gasteiger partial charge in [-0.3, -0.25) is 4.98 Å². The van der Waals surface area contributed by atoms with E-state index >= 15 is 0 Å². The predicted molar refractivity (Wildman–Crippen MR) is 65.6 cm³/mol. The minimum atomic E-state index is -0.620. The van der Waals surface area contributed by atoms with Crippen LogP contribution in [-0.4, -0.2) is 17.1 Å². The number of halogens is 1. The van der Waals surface area contributed by atoms with Crippen molar-refractivity contribution in [3.05, 3.63) is 29.8 Å². The molecule has 1 fully saturated rings. The maximum Gasteiger partial charge on any atom is 0.341 e. The van der Waals surface area contributed by atoms with Crippen LogP contribution in [0.2, 0.25) is 0 Å². The number of ether oxygens (including phenoxy) is 1. The van der Waals surface area contributed by atoms with Crippen molar-refractivity contribution in [1.29, 1.82) is 0 Å². The molecule has 1 aromatic heterocycles. The van der Waals surface area contributed by atoms with Crippen LogP contribution in [0.15, 0.2) is 18.5 Å². The van der Waals surface area contributed by atoms with Crippen molar-refractivity contribution in [2.45, 2.75) is 45.1 Å². The third-order valence-electron chi connectivity index (χ3n) is 3.58. The summed E-state index contributed by atoms with van der Waals surface area (Å²) in [6.07, 6.45) is 7.54. The van der Waals surface area contributed by atoms with E-state index < -0.39 is 11.8 Å². The number of rotatable bonds is 3. The number of esters is 1. The lowest BCUT2D eigenvalue weighted by Gasteiger charge is -2.28. The van der Waals surface area contributed by atoms with Crippen LogP contribution in [-0.2, 0) is 4.74 Å². The second kappa shape index (κ2) is 5.94. The number of nitrogens with zero attached hydrogens (tertiary/aromatic N) is 1. The molecule has 2 unspecified atom stereocenters. The monoisotopic (exact) mass is 251 g/mol. The zero-order chi connectivity index (χ0) is 13.0. The first kappa shape index (κ1) is 13.0. The Morgan fingerprint density at radius 1 is 1.56 bits per heavy atom. The summed E-state index contributed by atoms with van der Waals surface area (Å²) in [6, 6.07) is 1.36. The van der Waals surface area contributed by atoms with Gasteiger partial charge in [0, 0.05) is 6.20 Å². The van der Waals surface area contributed by atoms with Crippen molar-refractivity contribution in [3.8, 4) is 0 Å². The van der Waals surface area contributed by atoms with Crippen LogP contribution >= 0.6 is 0 Å². The second-order valence-electron chi connectivity index (χ2n) is 4.82. The van der Waals surface area contributed by atoms with E-state index in [0.717, 1.165) is 31.9 Å². The van der Waals surface area contributed by atoms with Crippen LogP contribution in [0.25, 0.3) is 0 Å². The van der Waals surface area contributed by atoms with Gasteiger partial charge in [-0.15, -0.1) is 0 Å². The topological polar surface area (TPSA) is 39.2 Å². The maximum atomic E-state index is 13.4. The van der Waals surface area contributed by atoms with E-state index in [1.807, 2.05) is 0 Å². The van der Waals surface area contributed by atoms with Crippen molar-refractivity contribution in [3.63, 3.8) is 0 Å². The van der Waals surface area contributed by atoms with Gasteiger partial charge in [-0.1, -0.05) is 19.8 Å². The summed E-state index contributed by atoms with van der Waals surface area (Å²) >= 11 is 0. The van der Waals surface area contributed by atoms with Gasteiger partial charge in [0.15, 0.2) is 5.82 Å². The van der Waals surface area contributed by atoms with Gasteiger partial charge in [0.2, 0.25) is 0 Å². The minimum Gasteiger partial charge on any atom is -0.459 e. The standard InChI is InChI=1S/C14H18FNO2/c1-2-10-4-3-5-11(8-10)18-14(17)12-6-7-16-9-13(12)15/h6-7,9-11H,2-5,8H2,1H3. The smallest absolute Gasteiger partial charge is 0.341 e. The van der Waals surface area contributed by atoms with Crippen LogP contribution in [0.3, 0.4) is 0 Å². The van der Waals surface area contributed by atoms with Gasteiger partial charge in [0.25, 0.3) is 0 Å². The molecule has 18 heavy (non-hydrogen) atoms. The molecule has 1 saturated carbocycles. The molecule has 1 aromatic rings. The molecule has 0 spiro atoms. The molecule has 0 amide bonds. The van der Waals surface area contributed by atoms with Crippen LogP contribution < -0.4 is 0 Å². The van der Waals surface area contributed by atoms with E-state index in [9.17, 15) is 9.18 Å². The van der Waals surface area contributed by atoms with Crippen molar-refractivity contribution in [2.75, 3.05) is 0 Å². The molecular weight excluding hydrogens is 233 g/mol. The summed E-state index contributed by atoms with van der Waals surface area (Å²) in [7, 11) is 0. The molecule has 0 aromatic carbocycles. The molecule has 1 heterocycles. The number of carbonyl (C=O) groups is 1. The van der Waals surface area contributed by atoms with Crippen molar-refractivity contribution < 1.29 is 13.9 Å². The average Bonchev–Trinajstić information content (AvgIpc) is 2.39. The minimum absolute atomic E-state index is 0.0244. The Hall–Kier alpha value is -1.45. The summed E-state index contributed by atoms with van der Waals surface area (Å²) in [6.45, 7) is 2.15. The van der Waals surface area contributed by atoms with E-state index in [1.165, 1.54) is 18.7 Å². The maximum absolute atomic E-state index is 13.4. The molecule has 98 valence electrons. The van der Waals surface area contributed by atoms with Crippen LogP contribution in [0.4, 0.5) is 4.39 Å². The molecule has 3 nitrogen and oxygen atoms in total. The van der Waals surface area contributed by atoms with Gasteiger partial charge in [-0.25, -0.2) is 9.18 Å². The predicted octanol–water partition coefficient (Wildman–Crippen LogP) is 3.35. The third kappa shape index (κ3) is 3.06. The number of hydrogen-bond donors (Lipinski definition) is 0. The lowest BCUT2D eigenvalue weighted by molar-refractivity contribution is 0.0135. The first-order valence-electron chi connectivity index (χ1n) is 6.51. The Balaban J connectivity index is 1.97. The first-order valence-corrected chi connectivity index (χ1v) is 6.51. The molecule has 0 N–H and O–H groups in total. The summed E-state index contributed by atoms with van der Waals surface area (Å²) in [5, 5.41) is 0. The highest BCUT2D eigenvalue weighted by atomic mass is 19.1. The van der Waals surface area contributed by atoms with Gasteiger partial charge in [0.1, 0.15) is 6.10 Å². The van der Waals surface area contributed by atoms with Crippen LogP contribution in [0, 0.1) is 11.7 Å². The molecule has 0 bridgehead atoms. The Bertz CT molecular complexity index is 422. The highest BCUT2D eigenvalue weighted by Crippen LogP contribution is 2.29. The molecule has 0 aliphatic heterocycles.